The van der Waals surface area contributed by atoms with Gasteiger partial charge in [-0.15, -0.1) is 11.3 Å². The standard InChI is InChI=1S/C64H71BN2S/c1-38-20-23-50-52(30-38)67(51-36-48-46(61(7,8)26-28-63(48,11)12)34-42(51)40-18-16-15-17-19-40)54-32-39(2)31-53-56(54)65(50)58-57(43-35-47-49(37-55(43)68-58)64(13,14)29-27-62(47,9)10)66(53)41-21-22-44-45(33-41)60(5,6)25-24-59(44,3)4/h15-23,30-37H,24-29H2,1-14H3/i15D,16D,17D,18D,19D. The minimum Gasteiger partial charge on any atom is -0.311 e. The molecule has 0 saturated heterocycles. The van der Waals surface area contributed by atoms with Crippen LogP contribution in [0, 0.1) is 13.8 Å². The lowest BCUT2D eigenvalue weighted by atomic mass is 9.36. The van der Waals surface area contributed by atoms with Gasteiger partial charge in [0.25, 0.3) is 6.71 Å². The molecule has 0 unspecified atom stereocenters. The average Bonchev–Trinajstić information content (AvgIpc) is 3.70. The number of nitrogens with zero attached hydrogens (tertiary/aromatic N) is 2. The minimum atomic E-state index is -0.379. The molecule has 0 spiro atoms. The summed E-state index contributed by atoms with van der Waals surface area (Å²) in [7, 11) is 0. The maximum absolute atomic E-state index is 9.55. The lowest BCUT2D eigenvalue weighted by Crippen LogP contribution is -2.60. The maximum atomic E-state index is 9.55. The predicted octanol–water partition coefficient (Wildman–Crippen LogP) is 16.3. The van der Waals surface area contributed by atoms with Crippen molar-refractivity contribution in [3.05, 3.63) is 148 Å². The van der Waals surface area contributed by atoms with Crippen molar-refractivity contribution in [1.29, 1.82) is 0 Å². The highest BCUT2D eigenvalue weighted by Crippen LogP contribution is 2.56. The Morgan fingerprint density at radius 3 is 1.62 bits per heavy atom. The van der Waals surface area contributed by atoms with E-state index in [4.69, 9.17) is 4.11 Å². The smallest absolute Gasteiger partial charge is 0.264 e. The van der Waals surface area contributed by atoms with Crippen LogP contribution in [0.15, 0.2) is 103 Å². The van der Waals surface area contributed by atoms with Crippen molar-refractivity contribution in [3.63, 3.8) is 0 Å². The molecule has 346 valence electrons. The molecule has 6 aromatic carbocycles. The van der Waals surface area contributed by atoms with Gasteiger partial charge in [0.15, 0.2) is 0 Å². The van der Waals surface area contributed by atoms with Crippen LogP contribution in [0.4, 0.5) is 34.1 Å². The molecule has 1 aromatic heterocycles. The van der Waals surface area contributed by atoms with Gasteiger partial charge in [0, 0.05) is 43.2 Å². The van der Waals surface area contributed by atoms with Gasteiger partial charge < -0.3 is 9.80 Å². The second-order valence-corrected chi connectivity index (χ2v) is 26.6. The highest BCUT2D eigenvalue weighted by atomic mass is 32.1. The van der Waals surface area contributed by atoms with Crippen molar-refractivity contribution in [1.82, 2.24) is 0 Å². The van der Waals surface area contributed by atoms with Gasteiger partial charge in [-0.25, -0.2) is 0 Å². The Labute approximate surface area is 419 Å². The van der Waals surface area contributed by atoms with Gasteiger partial charge in [0.05, 0.1) is 18.2 Å². The van der Waals surface area contributed by atoms with Gasteiger partial charge in [-0.3, -0.25) is 0 Å². The maximum Gasteiger partial charge on any atom is 0.264 e. The number of thiophene rings is 1. The summed E-state index contributed by atoms with van der Waals surface area (Å²) in [5.41, 5.74) is 20.2. The van der Waals surface area contributed by atoms with E-state index < -0.39 is 0 Å². The van der Waals surface area contributed by atoms with Crippen molar-refractivity contribution in [3.8, 4) is 11.1 Å². The molecule has 7 aromatic rings. The van der Waals surface area contributed by atoms with Gasteiger partial charge in [-0.2, -0.15) is 0 Å². The normalized spacial score (nSPS) is 21.5. The number of fused-ring (bicyclic) bond motifs is 9. The van der Waals surface area contributed by atoms with Crippen molar-refractivity contribution in [2.75, 3.05) is 9.80 Å². The van der Waals surface area contributed by atoms with Gasteiger partial charge in [0.1, 0.15) is 0 Å². The Balaban J connectivity index is 1.22. The topological polar surface area (TPSA) is 6.48 Å². The monoisotopic (exact) mass is 916 g/mol. The summed E-state index contributed by atoms with van der Waals surface area (Å²) in [6.45, 7) is 33.0. The zero-order valence-corrected chi connectivity index (χ0v) is 43.9. The van der Waals surface area contributed by atoms with Crippen molar-refractivity contribution in [2.45, 2.75) is 168 Å². The molecule has 68 heavy (non-hydrogen) atoms. The molecule has 2 aliphatic heterocycles. The molecule has 4 heteroatoms. The summed E-state index contributed by atoms with van der Waals surface area (Å²) in [4.78, 5) is 5.06. The third-order valence-corrected chi connectivity index (χ3v) is 19.2. The van der Waals surface area contributed by atoms with E-state index in [0.717, 1.165) is 72.4 Å². The summed E-state index contributed by atoms with van der Waals surface area (Å²) >= 11 is 1.97. The molecule has 0 bridgehead atoms. The van der Waals surface area contributed by atoms with Crippen LogP contribution in [-0.2, 0) is 32.5 Å². The lowest BCUT2D eigenvalue weighted by Gasteiger charge is -2.46. The van der Waals surface area contributed by atoms with Crippen LogP contribution in [0.25, 0.3) is 21.2 Å². The molecular weight excluding hydrogens is 840 g/mol. The molecule has 0 saturated carbocycles. The van der Waals surface area contributed by atoms with E-state index in [1.54, 1.807) is 0 Å². The predicted molar refractivity (Wildman–Crippen MR) is 297 cm³/mol. The van der Waals surface area contributed by atoms with Crippen LogP contribution in [0.3, 0.4) is 0 Å². The summed E-state index contributed by atoms with van der Waals surface area (Å²) in [5.74, 6) is 0. The van der Waals surface area contributed by atoms with E-state index in [-0.39, 0.29) is 75.0 Å². The number of aryl methyl sites for hydroxylation is 2. The Hall–Kier alpha value is -5.06. The number of benzene rings is 6. The van der Waals surface area contributed by atoms with Gasteiger partial charge in [-0.1, -0.05) is 131 Å². The summed E-state index contributed by atoms with van der Waals surface area (Å²) in [6.07, 6.45) is 6.55. The zero-order valence-electron chi connectivity index (χ0n) is 48.1. The molecule has 12 rings (SSSR count). The molecule has 5 aliphatic rings. The molecule has 0 amide bonds. The number of anilines is 6. The van der Waals surface area contributed by atoms with Crippen LogP contribution in [0.5, 0.6) is 0 Å². The van der Waals surface area contributed by atoms with E-state index in [1.165, 1.54) is 70.5 Å². The number of hydrogen-bond donors (Lipinski definition) is 0. The highest BCUT2D eigenvalue weighted by Gasteiger charge is 2.48. The minimum absolute atomic E-state index is 0.00162. The fourth-order valence-corrected chi connectivity index (χ4v) is 14.7. The lowest BCUT2D eigenvalue weighted by molar-refractivity contribution is 0.332. The molecule has 0 atom stereocenters. The summed E-state index contributed by atoms with van der Waals surface area (Å²) in [6, 6.07) is 27.4. The Morgan fingerprint density at radius 2 is 1.00 bits per heavy atom. The molecule has 3 aliphatic carbocycles. The van der Waals surface area contributed by atoms with Crippen LogP contribution in [-0.4, -0.2) is 6.71 Å². The first-order chi connectivity index (χ1) is 34.0. The summed E-state index contributed by atoms with van der Waals surface area (Å²) in [5, 5.41) is 1.31. The van der Waals surface area contributed by atoms with Gasteiger partial charge >= 0.3 is 0 Å². The molecular formula is C64H71BN2S. The fraction of sp³-hybridized carbons (Fsp3) is 0.406. The van der Waals surface area contributed by atoms with E-state index in [2.05, 4.69) is 180 Å². The van der Waals surface area contributed by atoms with Gasteiger partial charge in [0.2, 0.25) is 0 Å². The molecule has 0 radical (unpaired) electrons. The fourth-order valence-electron chi connectivity index (χ4n) is 13.4. The van der Waals surface area contributed by atoms with Crippen molar-refractivity contribution in [2.24, 2.45) is 0 Å². The van der Waals surface area contributed by atoms with Crippen LogP contribution in [0.2, 0.25) is 0 Å². The largest absolute Gasteiger partial charge is 0.311 e. The average molecular weight is 916 g/mol. The molecule has 2 nitrogen and oxygen atoms in total. The SMILES string of the molecule is [2H]c1c([2H])c([2H])c(-c2cc3c(cc2N2c4cc(C)ccc4B4c5sc6cc7c(cc6c5N(c5ccc6c(c5)C(C)(C)CCC6(C)C)c5cc(C)cc2c54)C(C)(C)CCC7(C)C)C(C)(C)CCC3(C)C)c([2H])c1[2H]. The quantitative estimate of drug-likeness (QED) is 0.163. The van der Waals surface area contributed by atoms with Crippen LogP contribution in [0.1, 0.15) is 173 Å². The van der Waals surface area contributed by atoms with E-state index >= 15 is 0 Å². The third kappa shape index (κ3) is 6.33. The van der Waals surface area contributed by atoms with Gasteiger partial charge in [-0.05, 0) is 200 Å². The first-order valence-corrected chi connectivity index (χ1v) is 26.2. The van der Waals surface area contributed by atoms with Crippen LogP contribution < -0.4 is 25.5 Å². The van der Waals surface area contributed by atoms with Crippen molar-refractivity contribution < 1.29 is 6.85 Å². The zero-order chi connectivity index (χ0) is 52.2. The Bertz CT molecular complexity index is 3560. The van der Waals surface area contributed by atoms with Crippen molar-refractivity contribution >= 4 is 78.0 Å². The van der Waals surface area contributed by atoms with E-state index in [0.29, 0.717) is 5.56 Å². The second-order valence-electron chi connectivity index (χ2n) is 25.5. The summed E-state index contributed by atoms with van der Waals surface area (Å²) < 4.78 is 48.5. The molecule has 0 N–H and O–H groups in total. The number of rotatable bonds is 3. The van der Waals surface area contributed by atoms with E-state index in [1.807, 2.05) is 11.3 Å². The third-order valence-electron chi connectivity index (χ3n) is 18.0. The highest BCUT2D eigenvalue weighted by molar-refractivity contribution is 7.33. The number of hydrogen-bond acceptors (Lipinski definition) is 3. The molecule has 0 fully saturated rings. The van der Waals surface area contributed by atoms with E-state index in [9.17, 15) is 2.74 Å². The first-order valence-electron chi connectivity index (χ1n) is 27.9. The second kappa shape index (κ2) is 14.3. The molecule has 3 heterocycles. The first kappa shape index (κ1) is 38.8. The van der Waals surface area contributed by atoms with Crippen LogP contribution >= 0.6 is 11.3 Å². The Morgan fingerprint density at radius 1 is 0.485 bits per heavy atom. The Kier molecular flexibility index (Phi) is 8.14.